The van der Waals surface area contributed by atoms with E-state index in [2.05, 4.69) is 10.4 Å². The first-order valence-electron chi connectivity index (χ1n) is 6.18. The molecule has 2 rings (SSSR count). The minimum Gasteiger partial charge on any atom is -0.497 e. The van der Waals surface area contributed by atoms with Crippen LogP contribution >= 0.6 is 0 Å². The second-order valence-corrected chi connectivity index (χ2v) is 4.62. The molecule has 0 saturated heterocycles. The highest BCUT2D eigenvalue weighted by atomic mass is 16.5. The van der Waals surface area contributed by atoms with Crippen LogP contribution in [0.3, 0.4) is 0 Å². The molecule has 0 aliphatic carbocycles. The SMILES string of the molecule is COc1cc(N)cc(C(=O)Nc2c(C)nn(C)c2C)c1. The fourth-order valence-corrected chi connectivity index (χ4v) is 2.01. The normalized spacial score (nSPS) is 10.4. The molecule has 1 heterocycles. The van der Waals surface area contributed by atoms with Crippen LogP contribution in [-0.2, 0) is 7.05 Å². The van der Waals surface area contributed by atoms with Gasteiger partial charge in [0.1, 0.15) is 5.75 Å². The first kappa shape index (κ1) is 13.9. The minimum atomic E-state index is -0.241. The number of carbonyl (C=O) groups excluding carboxylic acids is 1. The van der Waals surface area contributed by atoms with Gasteiger partial charge in [-0.1, -0.05) is 0 Å². The van der Waals surface area contributed by atoms with Gasteiger partial charge in [0.25, 0.3) is 5.91 Å². The molecule has 0 aliphatic heterocycles. The Morgan fingerprint density at radius 2 is 2.05 bits per heavy atom. The molecule has 20 heavy (non-hydrogen) atoms. The summed E-state index contributed by atoms with van der Waals surface area (Å²) in [5.41, 5.74) is 9.07. The van der Waals surface area contributed by atoms with Gasteiger partial charge in [-0.3, -0.25) is 9.48 Å². The summed E-state index contributed by atoms with van der Waals surface area (Å²) in [6, 6.07) is 4.92. The van der Waals surface area contributed by atoms with Crippen LogP contribution in [-0.4, -0.2) is 22.8 Å². The Bertz CT molecular complexity index is 661. The number of aryl methyl sites for hydroxylation is 2. The number of nitrogens with zero attached hydrogens (tertiary/aromatic N) is 2. The Morgan fingerprint density at radius 1 is 1.35 bits per heavy atom. The van der Waals surface area contributed by atoms with E-state index in [9.17, 15) is 4.79 Å². The zero-order valence-corrected chi connectivity index (χ0v) is 12.0. The van der Waals surface area contributed by atoms with Crippen molar-refractivity contribution in [1.82, 2.24) is 9.78 Å². The first-order valence-corrected chi connectivity index (χ1v) is 6.18. The minimum absolute atomic E-state index is 0.241. The second-order valence-electron chi connectivity index (χ2n) is 4.62. The number of ether oxygens (including phenoxy) is 1. The number of amides is 1. The van der Waals surface area contributed by atoms with E-state index in [1.807, 2.05) is 20.9 Å². The highest BCUT2D eigenvalue weighted by Gasteiger charge is 2.14. The van der Waals surface area contributed by atoms with Crippen molar-refractivity contribution < 1.29 is 9.53 Å². The average molecular weight is 274 g/mol. The monoisotopic (exact) mass is 274 g/mol. The summed E-state index contributed by atoms with van der Waals surface area (Å²) in [6.45, 7) is 3.75. The summed E-state index contributed by atoms with van der Waals surface area (Å²) in [5, 5.41) is 7.12. The Kier molecular flexibility index (Phi) is 3.65. The third-order valence-electron chi connectivity index (χ3n) is 3.17. The van der Waals surface area contributed by atoms with Gasteiger partial charge in [-0.25, -0.2) is 0 Å². The summed E-state index contributed by atoms with van der Waals surface area (Å²) in [6.07, 6.45) is 0. The van der Waals surface area contributed by atoms with Crippen LogP contribution in [0.4, 0.5) is 11.4 Å². The van der Waals surface area contributed by atoms with Crippen LogP contribution < -0.4 is 15.8 Å². The second kappa shape index (κ2) is 5.24. The van der Waals surface area contributed by atoms with Crippen molar-refractivity contribution in [2.24, 2.45) is 7.05 Å². The van der Waals surface area contributed by atoms with E-state index >= 15 is 0 Å². The number of anilines is 2. The number of carbonyl (C=O) groups is 1. The molecule has 1 aromatic carbocycles. The first-order chi connectivity index (χ1) is 9.42. The molecule has 2 aromatic rings. The van der Waals surface area contributed by atoms with E-state index in [4.69, 9.17) is 10.5 Å². The van der Waals surface area contributed by atoms with E-state index < -0.39 is 0 Å². The molecule has 6 nitrogen and oxygen atoms in total. The third kappa shape index (κ3) is 2.59. The van der Waals surface area contributed by atoms with Crippen molar-refractivity contribution in [2.75, 3.05) is 18.2 Å². The molecule has 106 valence electrons. The molecule has 0 atom stereocenters. The molecule has 6 heteroatoms. The fourth-order valence-electron chi connectivity index (χ4n) is 2.01. The van der Waals surface area contributed by atoms with Gasteiger partial charge in [-0.2, -0.15) is 5.10 Å². The maximum atomic E-state index is 12.3. The maximum Gasteiger partial charge on any atom is 0.255 e. The standard InChI is InChI=1S/C14H18N4O2/c1-8-13(9(2)18(3)17-8)16-14(19)10-5-11(15)7-12(6-10)20-4/h5-7H,15H2,1-4H3,(H,16,19). The number of benzene rings is 1. The van der Waals surface area contributed by atoms with Crippen LogP contribution in [0.25, 0.3) is 0 Å². The topological polar surface area (TPSA) is 82.2 Å². The van der Waals surface area contributed by atoms with Crippen molar-refractivity contribution >= 4 is 17.3 Å². The Labute approximate surface area is 117 Å². The molecule has 0 saturated carbocycles. The molecule has 0 unspecified atom stereocenters. The summed E-state index contributed by atoms with van der Waals surface area (Å²) >= 11 is 0. The lowest BCUT2D eigenvalue weighted by Gasteiger charge is -2.08. The molecular formula is C14H18N4O2. The predicted octanol–water partition coefficient (Wildman–Crippen LogP) is 1.88. The summed E-state index contributed by atoms with van der Waals surface area (Å²) < 4.78 is 6.84. The number of hydrogen-bond donors (Lipinski definition) is 2. The Morgan fingerprint density at radius 3 is 2.60 bits per heavy atom. The highest BCUT2D eigenvalue weighted by Crippen LogP contribution is 2.22. The molecule has 1 aromatic heterocycles. The van der Waals surface area contributed by atoms with Gasteiger partial charge in [0.2, 0.25) is 0 Å². The third-order valence-corrected chi connectivity index (χ3v) is 3.17. The van der Waals surface area contributed by atoms with Gasteiger partial charge in [0.05, 0.1) is 24.2 Å². The van der Waals surface area contributed by atoms with Gasteiger partial charge < -0.3 is 15.8 Å². The van der Waals surface area contributed by atoms with Crippen LogP contribution in [0.1, 0.15) is 21.7 Å². The van der Waals surface area contributed by atoms with E-state index in [0.29, 0.717) is 17.0 Å². The molecule has 0 spiro atoms. The van der Waals surface area contributed by atoms with Crippen LogP contribution in [0, 0.1) is 13.8 Å². The molecular weight excluding hydrogens is 256 g/mol. The zero-order chi connectivity index (χ0) is 14.9. The molecule has 1 amide bonds. The lowest BCUT2D eigenvalue weighted by atomic mass is 10.1. The molecule has 0 radical (unpaired) electrons. The molecule has 3 N–H and O–H groups in total. The highest BCUT2D eigenvalue weighted by molar-refractivity contribution is 6.05. The number of rotatable bonds is 3. The average Bonchev–Trinajstić information content (AvgIpc) is 2.64. The number of hydrogen-bond acceptors (Lipinski definition) is 4. The van der Waals surface area contributed by atoms with Gasteiger partial charge in [-0.05, 0) is 26.0 Å². The van der Waals surface area contributed by atoms with E-state index in [1.165, 1.54) is 7.11 Å². The lowest BCUT2D eigenvalue weighted by Crippen LogP contribution is -2.13. The van der Waals surface area contributed by atoms with Crippen molar-refractivity contribution in [2.45, 2.75) is 13.8 Å². The van der Waals surface area contributed by atoms with E-state index in [1.54, 1.807) is 22.9 Å². The van der Waals surface area contributed by atoms with Crippen molar-refractivity contribution in [3.05, 3.63) is 35.2 Å². The predicted molar refractivity (Wildman–Crippen MR) is 78.0 cm³/mol. The number of nitrogens with one attached hydrogen (secondary N) is 1. The Hall–Kier alpha value is -2.50. The molecule has 0 bridgehead atoms. The molecule has 0 fully saturated rings. The van der Waals surface area contributed by atoms with Crippen molar-refractivity contribution in [3.8, 4) is 5.75 Å². The van der Waals surface area contributed by atoms with E-state index in [-0.39, 0.29) is 5.91 Å². The van der Waals surface area contributed by atoms with Gasteiger partial charge >= 0.3 is 0 Å². The quantitative estimate of drug-likeness (QED) is 0.837. The van der Waals surface area contributed by atoms with Crippen LogP contribution in [0.2, 0.25) is 0 Å². The van der Waals surface area contributed by atoms with Gasteiger partial charge in [0.15, 0.2) is 0 Å². The summed E-state index contributed by atoms with van der Waals surface area (Å²) in [7, 11) is 3.37. The Balaban J connectivity index is 2.30. The lowest BCUT2D eigenvalue weighted by molar-refractivity contribution is 0.102. The number of aromatic nitrogens is 2. The maximum absolute atomic E-state index is 12.3. The van der Waals surface area contributed by atoms with Crippen molar-refractivity contribution in [3.63, 3.8) is 0 Å². The number of nitrogens with two attached hydrogens (primary N) is 1. The number of methoxy groups -OCH3 is 1. The van der Waals surface area contributed by atoms with E-state index in [0.717, 1.165) is 17.1 Å². The molecule has 0 aliphatic rings. The summed E-state index contributed by atoms with van der Waals surface area (Å²) in [5.74, 6) is 0.310. The zero-order valence-electron chi connectivity index (χ0n) is 12.0. The van der Waals surface area contributed by atoms with Crippen LogP contribution in [0.5, 0.6) is 5.75 Å². The van der Waals surface area contributed by atoms with Crippen molar-refractivity contribution in [1.29, 1.82) is 0 Å². The fraction of sp³-hybridized carbons (Fsp3) is 0.286. The summed E-state index contributed by atoms with van der Waals surface area (Å²) in [4.78, 5) is 12.3. The number of nitrogen functional groups attached to an aromatic ring is 1. The van der Waals surface area contributed by atoms with Gasteiger partial charge in [0, 0.05) is 24.4 Å². The van der Waals surface area contributed by atoms with Crippen LogP contribution in [0.15, 0.2) is 18.2 Å². The smallest absolute Gasteiger partial charge is 0.255 e. The van der Waals surface area contributed by atoms with Gasteiger partial charge in [-0.15, -0.1) is 0 Å². The largest absolute Gasteiger partial charge is 0.497 e.